The standard InChI is InChI=1S/C22H24ClFN4O3S.ClH/c23-16-9-14(1-2-17(16)24)10-26-21(30)19-27-20(29)18-15(12-32-22(18)28-19)11-31-8-5-13-3-6-25-7-4-13;/h1-2,9,12-13,25H,3-8,10-11H2,(H,26,30)(H,27,28,29);1H. The third kappa shape index (κ3) is 6.51. The van der Waals surface area contributed by atoms with Crippen molar-refractivity contribution in [2.75, 3.05) is 19.7 Å². The number of piperidine rings is 1. The summed E-state index contributed by atoms with van der Waals surface area (Å²) in [6, 6.07) is 4.20. The number of aromatic nitrogens is 2. The molecule has 33 heavy (non-hydrogen) atoms. The quantitative estimate of drug-likeness (QED) is 0.394. The summed E-state index contributed by atoms with van der Waals surface area (Å²) in [4.78, 5) is 32.4. The number of benzene rings is 1. The predicted octanol–water partition coefficient (Wildman–Crippen LogP) is 4.04. The van der Waals surface area contributed by atoms with Gasteiger partial charge in [-0.15, -0.1) is 23.7 Å². The summed E-state index contributed by atoms with van der Waals surface area (Å²) < 4.78 is 19.1. The number of ether oxygens (including phenoxy) is 1. The second-order valence-electron chi connectivity index (χ2n) is 7.82. The molecule has 0 atom stereocenters. The molecule has 0 unspecified atom stereocenters. The first-order valence-corrected chi connectivity index (χ1v) is 11.8. The zero-order chi connectivity index (χ0) is 22.5. The highest BCUT2D eigenvalue weighted by Gasteiger charge is 2.16. The number of nitrogens with one attached hydrogen (secondary N) is 3. The Kier molecular flexibility index (Phi) is 9.22. The van der Waals surface area contributed by atoms with Crippen LogP contribution in [0.2, 0.25) is 5.02 Å². The van der Waals surface area contributed by atoms with E-state index in [0.717, 1.165) is 25.1 Å². The molecule has 0 aliphatic carbocycles. The molecule has 2 aromatic heterocycles. The SMILES string of the molecule is Cl.O=C(NCc1ccc(F)c(Cl)c1)c1nc2scc(COCCC3CCNCC3)c2c(=O)[nH]1. The highest BCUT2D eigenvalue weighted by atomic mass is 35.5. The van der Waals surface area contributed by atoms with Crippen LogP contribution in [0.25, 0.3) is 10.2 Å². The number of nitrogens with zero attached hydrogens (tertiary/aromatic N) is 1. The van der Waals surface area contributed by atoms with E-state index < -0.39 is 11.7 Å². The molecule has 3 heterocycles. The van der Waals surface area contributed by atoms with Gasteiger partial charge in [-0.1, -0.05) is 17.7 Å². The molecule has 4 rings (SSSR count). The van der Waals surface area contributed by atoms with E-state index in [9.17, 15) is 14.0 Å². The molecule has 0 radical (unpaired) electrons. The van der Waals surface area contributed by atoms with Crippen LogP contribution in [0.1, 0.15) is 41.0 Å². The maximum Gasteiger partial charge on any atom is 0.287 e. The maximum atomic E-state index is 13.3. The number of hydrogen-bond acceptors (Lipinski definition) is 6. The van der Waals surface area contributed by atoms with Crippen molar-refractivity contribution in [3.8, 4) is 0 Å². The molecule has 178 valence electrons. The van der Waals surface area contributed by atoms with Crippen LogP contribution in [0.15, 0.2) is 28.4 Å². The lowest BCUT2D eigenvalue weighted by Gasteiger charge is -2.22. The molecule has 7 nitrogen and oxygen atoms in total. The van der Waals surface area contributed by atoms with Crippen LogP contribution < -0.4 is 16.2 Å². The lowest BCUT2D eigenvalue weighted by Crippen LogP contribution is -2.28. The number of aromatic amines is 1. The summed E-state index contributed by atoms with van der Waals surface area (Å²) in [5.41, 5.74) is 1.04. The molecule has 3 aromatic rings. The highest BCUT2D eigenvalue weighted by Crippen LogP contribution is 2.23. The summed E-state index contributed by atoms with van der Waals surface area (Å²) in [6.45, 7) is 3.25. The number of amides is 1. The first-order valence-electron chi connectivity index (χ1n) is 10.5. The average molecular weight is 515 g/mol. The van der Waals surface area contributed by atoms with Crippen LogP contribution >= 0.6 is 35.3 Å². The van der Waals surface area contributed by atoms with Gasteiger partial charge in [0.05, 0.1) is 17.0 Å². The summed E-state index contributed by atoms with van der Waals surface area (Å²) >= 11 is 7.07. The Hall–Kier alpha value is -2.04. The molecule has 0 spiro atoms. The Bertz CT molecular complexity index is 1160. The highest BCUT2D eigenvalue weighted by molar-refractivity contribution is 7.16. The predicted molar refractivity (Wildman–Crippen MR) is 130 cm³/mol. The number of carbonyl (C=O) groups is 1. The van der Waals surface area contributed by atoms with E-state index in [1.807, 2.05) is 5.38 Å². The third-order valence-electron chi connectivity index (χ3n) is 5.56. The van der Waals surface area contributed by atoms with E-state index in [-0.39, 0.29) is 35.4 Å². The fourth-order valence-electron chi connectivity index (χ4n) is 3.74. The molecule has 1 aromatic carbocycles. The van der Waals surface area contributed by atoms with E-state index in [1.165, 1.54) is 42.4 Å². The molecule has 1 aliphatic rings. The summed E-state index contributed by atoms with van der Waals surface area (Å²) in [5.74, 6) is -0.442. The number of halogens is 3. The minimum atomic E-state index is -0.530. The van der Waals surface area contributed by atoms with Crippen molar-refractivity contribution in [3.63, 3.8) is 0 Å². The molecule has 11 heteroatoms. The van der Waals surface area contributed by atoms with Gasteiger partial charge in [-0.05, 0) is 61.3 Å². The van der Waals surface area contributed by atoms with Crippen LogP contribution in [0.4, 0.5) is 4.39 Å². The maximum absolute atomic E-state index is 13.3. The number of fused-ring (bicyclic) bond motifs is 1. The first-order chi connectivity index (χ1) is 15.5. The van der Waals surface area contributed by atoms with E-state index >= 15 is 0 Å². The van der Waals surface area contributed by atoms with Gasteiger partial charge < -0.3 is 20.4 Å². The van der Waals surface area contributed by atoms with E-state index in [1.54, 1.807) is 0 Å². The Balaban J connectivity index is 0.00000306. The van der Waals surface area contributed by atoms with Crippen molar-refractivity contribution in [1.29, 1.82) is 0 Å². The fourth-order valence-corrected chi connectivity index (χ4v) is 4.87. The van der Waals surface area contributed by atoms with Gasteiger partial charge in [-0.3, -0.25) is 9.59 Å². The number of rotatable bonds is 8. The van der Waals surface area contributed by atoms with Crippen LogP contribution in [0.5, 0.6) is 0 Å². The smallest absolute Gasteiger partial charge is 0.287 e. The van der Waals surface area contributed by atoms with Crippen molar-refractivity contribution in [2.45, 2.75) is 32.4 Å². The molecule has 1 fully saturated rings. The number of hydrogen-bond donors (Lipinski definition) is 3. The Morgan fingerprint density at radius 2 is 2.12 bits per heavy atom. The fraction of sp³-hybridized carbons (Fsp3) is 0.409. The van der Waals surface area contributed by atoms with Gasteiger partial charge in [0, 0.05) is 18.7 Å². The van der Waals surface area contributed by atoms with Gasteiger partial charge >= 0.3 is 0 Å². The Labute approximate surface area is 205 Å². The minimum absolute atomic E-state index is 0. The molecular weight excluding hydrogens is 490 g/mol. The monoisotopic (exact) mass is 514 g/mol. The summed E-state index contributed by atoms with van der Waals surface area (Å²) in [7, 11) is 0. The van der Waals surface area contributed by atoms with E-state index in [2.05, 4.69) is 20.6 Å². The number of carbonyl (C=O) groups excluding carboxylic acids is 1. The van der Waals surface area contributed by atoms with Gasteiger partial charge in [-0.25, -0.2) is 9.37 Å². The Morgan fingerprint density at radius 3 is 2.88 bits per heavy atom. The molecular formula is C22H25Cl2FN4O3S. The van der Waals surface area contributed by atoms with Gasteiger partial charge in [0.1, 0.15) is 10.6 Å². The van der Waals surface area contributed by atoms with E-state index in [4.69, 9.17) is 16.3 Å². The van der Waals surface area contributed by atoms with Crippen LogP contribution in [-0.4, -0.2) is 35.6 Å². The Morgan fingerprint density at radius 1 is 1.33 bits per heavy atom. The molecule has 3 N–H and O–H groups in total. The first kappa shape index (κ1) is 25.6. The topological polar surface area (TPSA) is 96.1 Å². The number of thiophene rings is 1. The van der Waals surface area contributed by atoms with Crippen molar-refractivity contribution < 1.29 is 13.9 Å². The van der Waals surface area contributed by atoms with Crippen molar-refractivity contribution in [1.82, 2.24) is 20.6 Å². The zero-order valence-electron chi connectivity index (χ0n) is 17.8. The zero-order valence-corrected chi connectivity index (χ0v) is 20.2. The second-order valence-corrected chi connectivity index (χ2v) is 9.09. The molecule has 0 saturated carbocycles. The normalized spacial score (nSPS) is 14.2. The van der Waals surface area contributed by atoms with Crippen LogP contribution in [0.3, 0.4) is 0 Å². The summed E-state index contributed by atoms with van der Waals surface area (Å²) in [5, 5.41) is 8.30. The summed E-state index contributed by atoms with van der Waals surface area (Å²) in [6.07, 6.45) is 3.36. The van der Waals surface area contributed by atoms with Gasteiger partial charge in [0.2, 0.25) is 5.82 Å². The average Bonchev–Trinajstić information content (AvgIpc) is 3.21. The van der Waals surface area contributed by atoms with Crippen molar-refractivity contribution >= 4 is 51.5 Å². The second kappa shape index (κ2) is 11.9. The molecule has 1 aliphatic heterocycles. The lowest BCUT2D eigenvalue weighted by molar-refractivity contribution is 0.0940. The van der Waals surface area contributed by atoms with Crippen molar-refractivity contribution in [2.24, 2.45) is 5.92 Å². The van der Waals surface area contributed by atoms with Gasteiger partial charge in [-0.2, -0.15) is 0 Å². The van der Waals surface area contributed by atoms with E-state index in [0.29, 0.717) is 34.9 Å². The minimum Gasteiger partial charge on any atom is -0.377 e. The molecule has 1 saturated heterocycles. The number of H-pyrrole nitrogens is 1. The molecule has 0 bridgehead atoms. The van der Waals surface area contributed by atoms with Crippen molar-refractivity contribution in [3.05, 3.63) is 61.7 Å². The van der Waals surface area contributed by atoms with Crippen LogP contribution in [0, 0.1) is 11.7 Å². The largest absolute Gasteiger partial charge is 0.377 e. The van der Waals surface area contributed by atoms with Gasteiger partial charge in [0.15, 0.2) is 0 Å². The molecule has 1 amide bonds. The van der Waals surface area contributed by atoms with Crippen LogP contribution in [-0.2, 0) is 17.9 Å². The lowest BCUT2D eigenvalue weighted by atomic mass is 9.95. The van der Waals surface area contributed by atoms with Gasteiger partial charge in [0.25, 0.3) is 11.5 Å². The third-order valence-corrected chi connectivity index (χ3v) is 6.77.